The maximum Gasteiger partial charge on any atom is 0.254 e. The molecule has 0 spiro atoms. The number of amides is 1. The summed E-state index contributed by atoms with van der Waals surface area (Å²) in [6.45, 7) is 5.00. The lowest BCUT2D eigenvalue weighted by atomic mass is 9.91. The fourth-order valence-electron chi connectivity index (χ4n) is 4.54. The van der Waals surface area contributed by atoms with Crippen LogP contribution in [0.5, 0.6) is 23.0 Å². The van der Waals surface area contributed by atoms with Crippen molar-refractivity contribution in [2.24, 2.45) is 0 Å². The van der Waals surface area contributed by atoms with Gasteiger partial charge in [0.1, 0.15) is 18.1 Å². The van der Waals surface area contributed by atoms with Crippen LogP contribution in [0.15, 0.2) is 54.6 Å². The number of hydrogen-bond acceptors (Lipinski definition) is 5. The van der Waals surface area contributed by atoms with E-state index in [9.17, 15) is 4.79 Å². The van der Waals surface area contributed by atoms with E-state index < -0.39 is 0 Å². The zero-order valence-corrected chi connectivity index (χ0v) is 20.4. The standard InChI is InChI=1S/C28H31NO5/c1-18-12-19(2)14-23(13-18)34-17-25-24-16-27(33-5)26(32-4)15-21(24)10-11-29(25)28(30)20-6-8-22(31-3)9-7-20/h6-9,12-16,25H,10-11,17H2,1-5H3/t25-/m1/s1. The number of rotatable bonds is 7. The van der Waals surface area contributed by atoms with Gasteiger partial charge in [-0.2, -0.15) is 0 Å². The van der Waals surface area contributed by atoms with Gasteiger partial charge in [0, 0.05) is 12.1 Å². The molecule has 3 aromatic rings. The first-order valence-corrected chi connectivity index (χ1v) is 11.3. The van der Waals surface area contributed by atoms with Gasteiger partial charge in [-0.25, -0.2) is 0 Å². The summed E-state index contributed by atoms with van der Waals surface area (Å²) >= 11 is 0. The molecule has 178 valence electrons. The molecule has 1 aliphatic heterocycles. The predicted molar refractivity (Wildman–Crippen MR) is 131 cm³/mol. The molecule has 0 fully saturated rings. The van der Waals surface area contributed by atoms with Gasteiger partial charge in [0.05, 0.1) is 27.4 Å². The smallest absolute Gasteiger partial charge is 0.254 e. The molecule has 0 unspecified atom stereocenters. The zero-order valence-electron chi connectivity index (χ0n) is 20.4. The SMILES string of the molecule is COc1ccc(C(=O)N2CCc3cc(OC)c(OC)cc3[C@H]2COc2cc(C)cc(C)c2)cc1. The van der Waals surface area contributed by atoms with Crippen LogP contribution >= 0.6 is 0 Å². The molecule has 0 radical (unpaired) electrons. The summed E-state index contributed by atoms with van der Waals surface area (Å²) in [6.07, 6.45) is 0.720. The second-order valence-electron chi connectivity index (χ2n) is 8.53. The molecule has 0 aliphatic carbocycles. The Morgan fingerprint density at radius 3 is 2.12 bits per heavy atom. The van der Waals surface area contributed by atoms with E-state index in [0.717, 1.165) is 34.4 Å². The first kappa shape index (κ1) is 23.5. The van der Waals surface area contributed by atoms with E-state index in [1.54, 1.807) is 45.6 Å². The van der Waals surface area contributed by atoms with Gasteiger partial charge in [0.25, 0.3) is 5.91 Å². The van der Waals surface area contributed by atoms with Crippen molar-refractivity contribution in [1.82, 2.24) is 4.90 Å². The molecule has 4 rings (SSSR count). The molecule has 3 aromatic carbocycles. The highest BCUT2D eigenvalue weighted by atomic mass is 16.5. The van der Waals surface area contributed by atoms with Crippen LogP contribution in [0, 0.1) is 13.8 Å². The first-order valence-electron chi connectivity index (χ1n) is 11.3. The van der Waals surface area contributed by atoms with Crippen molar-refractivity contribution in [2.45, 2.75) is 26.3 Å². The summed E-state index contributed by atoms with van der Waals surface area (Å²) in [4.78, 5) is 15.5. The van der Waals surface area contributed by atoms with E-state index in [1.807, 2.05) is 43.0 Å². The van der Waals surface area contributed by atoms with E-state index in [4.69, 9.17) is 18.9 Å². The van der Waals surface area contributed by atoms with Crippen LogP contribution in [0.1, 0.15) is 38.7 Å². The highest BCUT2D eigenvalue weighted by Crippen LogP contribution is 2.39. The third-order valence-electron chi connectivity index (χ3n) is 6.20. The molecular weight excluding hydrogens is 430 g/mol. The van der Waals surface area contributed by atoms with E-state index in [0.29, 0.717) is 36.0 Å². The first-order chi connectivity index (χ1) is 16.4. The maximum atomic E-state index is 13.6. The molecule has 1 amide bonds. The van der Waals surface area contributed by atoms with Crippen LogP contribution in [0.2, 0.25) is 0 Å². The molecule has 1 atom stereocenters. The van der Waals surface area contributed by atoms with Crippen LogP contribution in [0.4, 0.5) is 0 Å². The molecule has 0 aromatic heterocycles. The monoisotopic (exact) mass is 461 g/mol. The van der Waals surface area contributed by atoms with Gasteiger partial charge in [-0.05, 0) is 91.1 Å². The molecular formula is C28H31NO5. The van der Waals surface area contributed by atoms with Crippen molar-refractivity contribution in [1.29, 1.82) is 0 Å². The summed E-state index contributed by atoms with van der Waals surface area (Å²) in [7, 11) is 4.86. The average Bonchev–Trinajstić information content (AvgIpc) is 2.85. The van der Waals surface area contributed by atoms with Gasteiger partial charge in [0.15, 0.2) is 11.5 Å². The zero-order chi connectivity index (χ0) is 24.2. The minimum Gasteiger partial charge on any atom is -0.497 e. The molecule has 0 saturated carbocycles. The fourth-order valence-corrected chi connectivity index (χ4v) is 4.54. The summed E-state index contributed by atoms with van der Waals surface area (Å²) in [5.74, 6) is 2.78. The molecule has 1 heterocycles. The quantitative estimate of drug-likeness (QED) is 0.487. The number of benzene rings is 3. The molecule has 1 aliphatic rings. The van der Waals surface area contributed by atoms with Gasteiger partial charge in [-0.3, -0.25) is 4.79 Å². The fraction of sp³-hybridized carbons (Fsp3) is 0.321. The average molecular weight is 462 g/mol. The minimum absolute atomic E-state index is 0.0443. The van der Waals surface area contributed by atoms with Crippen LogP contribution in [0.3, 0.4) is 0 Å². The Hall–Kier alpha value is -3.67. The van der Waals surface area contributed by atoms with Gasteiger partial charge in [0.2, 0.25) is 0 Å². The van der Waals surface area contributed by atoms with Crippen LogP contribution in [0.25, 0.3) is 0 Å². The molecule has 0 N–H and O–H groups in total. The lowest BCUT2D eigenvalue weighted by Crippen LogP contribution is -2.42. The van der Waals surface area contributed by atoms with Gasteiger partial charge < -0.3 is 23.8 Å². The van der Waals surface area contributed by atoms with E-state index in [-0.39, 0.29) is 11.9 Å². The summed E-state index contributed by atoms with van der Waals surface area (Å²) in [5, 5.41) is 0. The third kappa shape index (κ3) is 4.81. The normalized spacial score (nSPS) is 14.9. The Morgan fingerprint density at radius 2 is 1.50 bits per heavy atom. The number of fused-ring (bicyclic) bond motifs is 1. The molecule has 6 nitrogen and oxygen atoms in total. The number of ether oxygens (including phenoxy) is 4. The molecule has 34 heavy (non-hydrogen) atoms. The third-order valence-corrected chi connectivity index (χ3v) is 6.20. The second-order valence-corrected chi connectivity index (χ2v) is 8.53. The molecule has 0 bridgehead atoms. The van der Waals surface area contributed by atoms with Crippen molar-refractivity contribution in [3.05, 3.63) is 82.4 Å². The topological polar surface area (TPSA) is 57.2 Å². The Bertz CT molecular complexity index is 1150. The van der Waals surface area contributed by atoms with Crippen LogP contribution < -0.4 is 18.9 Å². The van der Waals surface area contributed by atoms with Crippen molar-refractivity contribution in [3.63, 3.8) is 0 Å². The van der Waals surface area contributed by atoms with Gasteiger partial charge in [-0.15, -0.1) is 0 Å². The number of carbonyl (C=O) groups is 1. The van der Waals surface area contributed by atoms with Gasteiger partial charge in [-0.1, -0.05) is 6.07 Å². The Morgan fingerprint density at radius 1 is 0.853 bits per heavy atom. The van der Waals surface area contributed by atoms with Crippen molar-refractivity contribution in [3.8, 4) is 23.0 Å². The van der Waals surface area contributed by atoms with E-state index in [2.05, 4.69) is 6.07 Å². The summed E-state index contributed by atoms with van der Waals surface area (Å²) in [5.41, 5.74) is 5.02. The van der Waals surface area contributed by atoms with Crippen LogP contribution in [-0.2, 0) is 6.42 Å². The predicted octanol–water partition coefficient (Wildman–Crippen LogP) is 5.15. The molecule has 6 heteroatoms. The maximum absolute atomic E-state index is 13.6. The molecule has 0 saturated heterocycles. The van der Waals surface area contributed by atoms with Crippen LogP contribution in [-0.4, -0.2) is 45.3 Å². The number of carbonyl (C=O) groups excluding carboxylic acids is 1. The number of methoxy groups -OCH3 is 3. The lowest BCUT2D eigenvalue weighted by molar-refractivity contribution is 0.0589. The minimum atomic E-state index is -0.279. The Balaban J connectivity index is 1.70. The highest BCUT2D eigenvalue weighted by molar-refractivity contribution is 5.95. The number of hydrogen-bond donors (Lipinski definition) is 0. The number of nitrogens with zero attached hydrogens (tertiary/aromatic N) is 1. The second kappa shape index (κ2) is 10.1. The lowest BCUT2D eigenvalue weighted by Gasteiger charge is -2.37. The summed E-state index contributed by atoms with van der Waals surface area (Å²) < 4.78 is 22.6. The number of aryl methyl sites for hydroxylation is 2. The van der Waals surface area contributed by atoms with Crippen molar-refractivity contribution in [2.75, 3.05) is 34.5 Å². The van der Waals surface area contributed by atoms with E-state index in [1.165, 1.54) is 0 Å². The Kier molecular flexibility index (Phi) is 6.96. The summed E-state index contributed by atoms with van der Waals surface area (Å²) in [6, 6.07) is 17.0. The van der Waals surface area contributed by atoms with Crippen molar-refractivity contribution >= 4 is 5.91 Å². The largest absolute Gasteiger partial charge is 0.497 e. The van der Waals surface area contributed by atoms with E-state index >= 15 is 0 Å². The van der Waals surface area contributed by atoms with Gasteiger partial charge >= 0.3 is 0 Å². The van der Waals surface area contributed by atoms with Crippen molar-refractivity contribution < 1.29 is 23.7 Å². The Labute approximate surface area is 201 Å². The highest BCUT2D eigenvalue weighted by Gasteiger charge is 2.33.